The Labute approximate surface area is 149 Å². The molecule has 1 fully saturated rings. The molecule has 0 aromatic heterocycles. The molecule has 2 atom stereocenters. The number of hydrogen-bond acceptors (Lipinski definition) is 4. The van der Waals surface area contributed by atoms with Crippen LogP contribution in [0.15, 0.2) is 53.6 Å². The summed E-state index contributed by atoms with van der Waals surface area (Å²) in [5.74, 6) is -1.94. The number of aromatic hydroxyl groups is 1. The molecule has 1 saturated heterocycles. The number of benzene rings is 2. The van der Waals surface area contributed by atoms with Gasteiger partial charge in [0.25, 0.3) is 5.91 Å². The molecule has 128 valence electrons. The minimum atomic E-state index is -0.854. The summed E-state index contributed by atoms with van der Waals surface area (Å²) in [5, 5.41) is 16.7. The summed E-state index contributed by atoms with van der Waals surface area (Å²) in [6, 6.07) is 13.9. The van der Waals surface area contributed by atoms with Crippen LogP contribution in [0.5, 0.6) is 5.75 Å². The fourth-order valence-corrected chi connectivity index (χ4v) is 2.98. The number of phenolic OH excluding ortho intramolecular Hbond substituents is 1. The second-order valence-electron chi connectivity index (χ2n) is 5.68. The molecule has 0 bridgehead atoms. The predicted molar refractivity (Wildman–Crippen MR) is 94.5 cm³/mol. The highest BCUT2D eigenvalue weighted by atomic mass is 35.5. The first-order chi connectivity index (χ1) is 12.1. The Hall–Kier alpha value is -2.86. The number of hydrogen-bond donors (Lipinski definition) is 3. The zero-order chi connectivity index (χ0) is 17.8. The van der Waals surface area contributed by atoms with Crippen LogP contribution in [0.4, 0.5) is 0 Å². The van der Waals surface area contributed by atoms with Crippen molar-refractivity contribution in [3.8, 4) is 5.75 Å². The van der Waals surface area contributed by atoms with E-state index in [-0.39, 0.29) is 17.6 Å². The monoisotopic (exact) mass is 357 g/mol. The molecular weight excluding hydrogens is 342 g/mol. The molecule has 2 amide bonds. The lowest BCUT2D eigenvalue weighted by Gasteiger charge is -2.15. The molecule has 7 heteroatoms. The highest BCUT2D eigenvalue weighted by Gasteiger charge is 2.40. The number of carbonyl (C=O) groups is 2. The van der Waals surface area contributed by atoms with Gasteiger partial charge in [-0.25, -0.2) is 5.43 Å². The van der Waals surface area contributed by atoms with E-state index in [0.717, 1.165) is 5.56 Å². The number of rotatable bonds is 4. The van der Waals surface area contributed by atoms with Gasteiger partial charge in [0.2, 0.25) is 5.91 Å². The molecule has 3 N–H and O–H groups in total. The molecule has 2 aromatic carbocycles. The first-order valence-electron chi connectivity index (χ1n) is 7.70. The van der Waals surface area contributed by atoms with Crippen molar-refractivity contribution in [2.24, 2.45) is 11.0 Å². The van der Waals surface area contributed by atoms with Crippen LogP contribution in [0.3, 0.4) is 0 Å². The van der Waals surface area contributed by atoms with Crippen molar-refractivity contribution in [1.29, 1.82) is 0 Å². The normalized spacial score (nSPS) is 19.8. The SMILES string of the molecule is O=C1NC[C@H](c2ccccc2)[C@@H]1C(=O)N/N=C/c1cc(Cl)ccc1O. The fraction of sp³-hybridized carbons (Fsp3) is 0.167. The van der Waals surface area contributed by atoms with Crippen LogP contribution in [-0.4, -0.2) is 29.7 Å². The van der Waals surface area contributed by atoms with Gasteiger partial charge in [-0.3, -0.25) is 9.59 Å². The largest absolute Gasteiger partial charge is 0.507 e. The van der Waals surface area contributed by atoms with Crippen LogP contribution in [0.25, 0.3) is 0 Å². The highest BCUT2D eigenvalue weighted by molar-refractivity contribution is 6.30. The Morgan fingerprint density at radius 2 is 2.04 bits per heavy atom. The first-order valence-corrected chi connectivity index (χ1v) is 8.08. The van der Waals surface area contributed by atoms with Crippen molar-refractivity contribution in [2.75, 3.05) is 6.54 Å². The summed E-state index contributed by atoms with van der Waals surface area (Å²) < 4.78 is 0. The number of nitrogens with one attached hydrogen (secondary N) is 2. The second-order valence-corrected chi connectivity index (χ2v) is 6.11. The van der Waals surface area contributed by atoms with E-state index in [9.17, 15) is 14.7 Å². The average Bonchev–Trinajstić information content (AvgIpc) is 3.00. The van der Waals surface area contributed by atoms with Gasteiger partial charge < -0.3 is 10.4 Å². The summed E-state index contributed by atoms with van der Waals surface area (Å²) in [5.41, 5.74) is 3.64. The molecule has 25 heavy (non-hydrogen) atoms. The Kier molecular flexibility index (Phi) is 5.00. The third-order valence-electron chi connectivity index (χ3n) is 4.06. The maximum absolute atomic E-state index is 12.4. The van der Waals surface area contributed by atoms with E-state index in [2.05, 4.69) is 15.8 Å². The first kappa shape index (κ1) is 17.0. The summed E-state index contributed by atoms with van der Waals surface area (Å²) in [6.07, 6.45) is 1.28. The number of amides is 2. The second kappa shape index (κ2) is 7.36. The number of halogens is 1. The van der Waals surface area contributed by atoms with E-state index in [1.807, 2.05) is 30.3 Å². The van der Waals surface area contributed by atoms with Crippen LogP contribution in [-0.2, 0) is 9.59 Å². The molecule has 0 saturated carbocycles. The third-order valence-corrected chi connectivity index (χ3v) is 4.29. The number of carbonyl (C=O) groups excluding carboxylic acids is 2. The van der Waals surface area contributed by atoms with Gasteiger partial charge in [0.15, 0.2) is 0 Å². The fourth-order valence-electron chi connectivity index (χ4n) is 2.80. The summed E-state index contributed by atoms with van der Waals surface area (Å²) in [6.45, 7) is 0.403. The highest BCUT2D eigenvalue weighted by Crippen LogP contribution is 2.29. The van der Waals surface area contributed by atoms with E-state index >= 15 is 0 Å². The molecule has 6 nitrogen and oxygen atoms in total. The van der Waals surface area contributed by atoms with Gasteiger partial charge in [-0.05, 0) is 23.8 Å². The molecule has 0 radical (unpaired) electrons. The topological polar surface area (TPSA) is 90.8 Å². The van der Waals surface area contributed by atoms with Crippen molar-refractivity contribution in [2.45, 2.75) is 5.92 Å². The number of hydrazone groups is 1. The van der Waals surface area contributed by atoms with E-state index in [1.165, 1.54) is 18.3 Å². The summed E-state index contributed by atoms with van der Waals surface area (Å²) in [7, 11) is 0. The van der Waals surface area contributed by atoms with Gasteiger partial charge >= 0.3 is 0 Å². The van der Waals surface area contributed by atoms with E-state index in [1.54, 1.807) is 6.07 Å². The van der Waals surface area contributed by atoms with Gasteiger partial charge in [0, 0.05) is 23.0 Å². The molecular formula is C18H16ClN3O3. The Morgan fingerprint density at radius 3 is 2.80 bits per heavy atom. The van der Waals surface area contributed by atoms with Crippen LogP contribution in [0.1, 0.15) is 17.0 Å². The predicted octanol–water partition coefficient (Wildman–Crippen LogP) is 2.03. The van der Waals surface area contributed by atoms with Gasteiger partial charge in [-0.15, -0.1) is 0 Å². The molecule has 3 rings (SSSR count). The Bertz CT molecular complexity index is 824. The standard InChI is InChI=1S/C18H16ClN3O3/c19-13-6-7-15(23)12(8-13)9-21-22-18(25)16-14(10-20-17(16)24)11-4-2-1-3-5-11/h1-9,14,16,23H,10H2,(H,20,24)(H,22,25)/b21-9+/t14-,16+/m1/s1. The van der Waals surface area contributed by atoms with Gasteiger partial charge in [0.05, 0.1) is 6.21 Å². The van der Waals surface area contributed by atoms with Gasteiger partial charge in [0.1, 0.15) is 11.7 Å². The molecule has 0 unspecified atom stereocenters. The third kappa shape index (κ3) is 3.80. The van der Waals surface area contributed by atoms with E-state index < -0.39 is 11.8 Å². The van der Waals surface area contributed by atoms with Crippen molar-refractivity contribution in [3.05, 3.63) is 64.7 Å². The van der Waals surface area contributed by atoms with Gasteiger partial charge in [-0.1, -0.05) is 41.9 Å². The van der Waals surface area contributed by atoms with E-state index in [4.69, 9.17) is 11.6 Å². The summed E-state index contributed by atoms with van der Waals surface area (Å²) >= 11 is 5.85. The van der Waals surface area contributed by atoms with Crippen molar-refractivity contribution < 1.29 is 14.7 Å². The minimum Gasteiger partial charge on any atom is -0.507 e. The smallest absolute Gasteiger partial charge is 0.253 e. The summed E-state index contributed by atoms with van der Waals surface area (Å²) in [4.78, 5) is 24.5. The quantitative estimate of drug-likeness (QED) is 0.444. The van der Waals surface area contributed by atoms with Crippen LogP contribution >= 0.6 is 11.6 Å². The lowest BCUT2D eigenvalue weighted by atomic mass is 9.88. The number of phenols is 1. The van der Waals surface area contributed by atoms with Crippen molar-refractivity contribution in [3.63, 3.8) is 0 Å². The lowest BCUT2D eigenvalue weighted by molar-refractivity contribution is -0.133. The zero-order valence-corrected chi connectivity index (χ0v) is 13.9. The lowest BCUT2D eigenvalue weighted by Crippen LogP contribution is -2.34. The van der Waals surface area contributed by atoms with Gasteiger partial charge in [-0.2, -0.15) is 5.10 Å². The van der Waals surface area contributed by atoms with Crippen molar-refractivity contribution in [1.82, 2.24) is 10.7 Å². The maximum Gasteiger partial charge on any atom is 0.253 e. The molecule has 1 aliphatic rings. The zero-order valence-electron chi connectivity index (χ0n) is 13.1. The maximum atomic E-state index is 12.4. The number of nitrogens with zero attached hydrogens (tertiary/aromatic N) is 1. The van der Waals surface area contributed by atoms with Crippen LogP contribution < -0.4 is 10.7 Å². The van der Waals surface area contributed by atoms with E-state index in [0.29, 0.717) is 17.1 Å². The Balaban J connectivity index is 1.72. The molecule has 2 aromatic rings. The van der Waals surface area contributed by atoms with Crippen LogP contribution in [0.2, 0.25) is 5.02 Å². The molecule has 1 aliphatic heterocycles. The Morgan fingerprint density at radius 1 is 1.28 bits per heavy atom. The molecule has 0 spiro atoms. The van der Waals surface area contributed by atoms with Crippen LogP contribution in [0, 0.1) is 5.92 Å². The molecule has 0 aliphatic carbocycles. The minimum absolute atomic E-state index is 0.0110. The average molecular weight is 358 g/mol. The van der Waals surface area contributed by atoms with Crippen molar-refractivity contribution >= 4 is 29.6 Å². The molecule has 1 heterocycles.